The number of hydrogen-bond acceptors (Lipinski definition) is 6. The normalized spacial score (nSPS) is 14.2. The number of rotatable bonds is 10. The van der Waals surface area contributed by atoms with Crippen LogP contribution in [0.3, 0.4) is 0 Å². The second-order valence-corrected chi connectivity index (χ2v) is 6.51. The van der Waals surface area contributed by atoms with E-state index >= 15 is 0 Å². The van der Waals surface area contributed by atoms with E-state index in [0.29, 0.717) is 26.4 Å². The molecule has 8 heteroatoms. The van der Waals surface area contributed by atoms with Gasteiger partial charge in [0.15, 0.2) is 0 Å². The van der Waals surface area contributed by atoms with Crippen LogP contribution >= 0.6 is 0 Å². The van der Waals surface area contributed by atoms with Crippen molar-refractivity contribution in [1.82, 2.24) is 5.32 Å². The van der Waals surface area contributed by atoms with Crippen LogP contribution in [0.4, 0.5) is 0 Å². The second kappa shape index (κ2) is 9.72. The van der Waals surface area contributed by atoms with E-state index < -0.39 is 8.77 Å². The first-order valence-corrected chi connectivity index (χ1v) is 7.71. The number of amides is 1. The van der Waals surface area contributed by atoms with E-state index in [9.17, 15) is 9.00 Å². The summed E-state index contributed by atoms with van der Waals surface area (Å²) in [5.74, 6) is -0.162. The molecule has 1 amide bonds. The average molecular weight is 285 g/mol. The molecule has 0 aliphatic rings. The van der Waals surface area contributed by atoms with Crippen molar-refractivity contribution in [2.24, 2.45) is 0 Å². The van der Waals surface area contributed by atoms with Crippen LogP contribution in [-0.4, -0.2) is 56.5 Å². The lowest BCUT2D eigenvalue weighted by Gasteiger charge is -2.07. The number of carbonyl (C=O) groups excluding carboxylic acids is 1. The summed E-state index contributed by atoms with van der Waals surface area (Å²) in [6, 6.07) is 0. The Morgan fingerprint density at radius 2 is 2.00 bits per heavy atom. The lowest BCUT2D eigenvalue weighted by atomic mass is 10.4. The molecule has 17 heavy (non-hydrogen) atoms. The van der Waals surface area contributed by atoms with Crippen LogP contribution in [-0.2, 0) is 38.4 Å². The minimum absolute atomic E-state index is 0.0508. The van der Waals surface area contributed by atoms with Gasteiger partial charge < -0.3 is 14.8 Å². The number of methoxy groups -OCH3 is 1. The van der Waals surface area contributed by atoms with Crippen molar-refractivity contribution in [2.45, 2.75) is 6.42 Å². The summed E-state index contributed by atoms with van der Waals surface area (Å²) in [5, 5.41) is 2.62. The lowest BCUT2D eigenvalue weighted by molar-refractivity contribution is -0.120. The maximum atomic E-state index is 11.3. The Morgan fingerprint density at radius 1 is 1.29 bits per heavy atom. The quantitative estimate of drug-likeness (QED) is 0.544. The Hall–Kier alpha value is -0.280. The molecule has 0 rings (SSSR count). The van der Waals surface area contributed by atoms with Crippen LogP contribution < -0.4 is 5.32 Å². The van der Waals surface area contributed by atoms with Crippen molar-refractivity contribution in [1.29, 1.82) is 0 Å². The fourth-order valence-electron chi connectivity index (χ4n) is 0.896. The highest BCUT2D eigenvalue weighted by Crippen LogP contribution is 1.94. The Kier molecular flexibility index (Phi) is 9.56. The molecule has 0 saturated carbocycles. The first kappa shape index (κ1) is 16.7. The summed E-state index contributed by atoms with van der Waals surface area (Å²) < 4.78 is 25.8. The maximum absolute atomic E-state index is 11.3. The van der Waals surface area contributed by atoms with E-state index in [1.807, 2.05) is 0 Å². The van der Waals surface area contributed by atoms with Crippen LogP contribution in [0, 0.1) is 0 Å². The molecule has 0 bridgehead atoms. The summed E-state index contributed by atoms with van der Waals surface area (Å²) in [4.78, 5) is 11.3. The van der Waals surface area contributed by atoms with Crippen LogP contribution in [0.1, 0.15) is 6.42 Å². The summed E-state index contributed by atoms with van der Waals surface area (Å²) in [5.41, 5.74) is 0. The van der Waals surface area contributed by atoms with Crippen molar-refractivity contribution >= 4 is 25.9 Å². The summed E-state index contributed by atoms with van der Waals surface area (Å²) in [6.07, 6.45) is 0.0915. The van der Waals surface area contributed by atoms with Crippen molar-refractivity contribution in [2.75, 3.05) is 46.3 Å². The highest BCUT2D eigenvalue weighted by molar-refractivity contribution is 8.30. The molecule has 0 heterocycles. The van der Waals surface area contributed by atoms with E-state index in [2.05, 4.69) is 20.7 Å². The van der Waals surface area contributed by atoms with Gasteiger partial charge in [0.1, 0.15) is 8.77 Å². The smallest absolute Gasteiger partial charge is 0.221 e. The van der Waals surface area contributed by atoms with Crippen molar-refractivity contribution < 1.29 is 22.7 Å². The van der Waals surface area contributed by atoms with E-state index in [1.165, 1.54) is 7.11 Å². The van der Waals surface area contributed by atoms with Crippen molar-refractivity contribution in [3.8, 4) is 0 Å². The topological polar surface area (TPSA) is 73.9 Å². The van der Waals surface area contributed by atoms with Crippen molar-refractivity contribution in [3.63, 3.8) is 0 Å². The molecule has 1 unspecified atom stereocenters. The zero-order valence-corrected chi connectivity index (χ0v) is 11.7. The van der Waals surface area contributed by atoms with Crippen molar-refractivity contribution in [3.05, 3.63) is 0 Å². The maximum Gasteiger partial charge on any atom is 0.221 e. The molecule has 0 fully saturated rings. The average Bonchev–Trinajstić information content (AvgIpc) is 2.31. The van der Waals surface area contributed by atoms with E-state index in [1.54, 1.807) is 7.11 Å². The molecule has 6 nitrogen and oxygen atoms in total. The van der Waals surface area contributed by atoms with Gasteiger partial charge in [-0.15, -0.1) is 0 Å². The van der Waals surface area contributed by atoms with Crippen LogP contribution in [0.15, 0.2) is 0 Å². The molecule has 0 aromatic heterocycles. The van der Waals surface area contributed by atoms with Gasteiger partial charge in [0.05, 0.1) is 32.7 Å². The minimum atomic E-state index is -2.73. The fourth-order valence-corrected chi connectivity index (χ4v) is 1.75. The standard InChI is InChI=1S/C9H19NO5S2/c1-13-6-7-15-5-4-10-9(11)3-8-17(12,16)14-2/h3-8H2,1-2H3,(H,10,11). The Morgan fingerprint density at radius 3 is 2.59 bits per heavy atom. The number of ether oxygens (including phenoxy) is 2. The molecule has 0 radical (unpaired) electrons. The predicted molar refractivity (Wildman–Crippen MR) is 67.7 cm³/mol. The Bertz CT molecular complexity index is 305. The van der Waals surface area contributed by atoms with Gasteiger partial charge in [-0.3, -0.25) is 8.98 Å². The van der Waals surface area contributed by atoms with Gasteiger partial charge in [0, 0.05) is 31.3 Å². The van der Waals surface area contributed by atoms with Gasteiger partial charge in [0.2, 0.25) is 5.91 Å². The number of nitrogens with one attached hydrogen (secondary N) is 1. The first-order chi connectivity index (χ1) is 8.02. The largest absolute Gasteiger partial charge is 0.382 e. The van der Waals surface area contributed by atoms with Gasteiger partial charge in [-0.1, -0.05) is 0 Å². The molecule has 0 aromatic carbocycles. The van der Waals surface area contributed by atoms with Crippen LogP contribution in [0.5, 0.6) is 0 Å². The van der Waals surface area contributed by atoms with Crippen LogP contribution in [0.2, 0.25) is 0 Å². The molecule has 1 N–H and O–H groups in total. The third-order valence-electron chi connectivity index (χ3n) is 1.83. The third-order valence-corrected chi connectivity index (χ3v) is 3.95. The summed E-state index contributed by atoms with van der Waals surface area (Å²) >= 11 is 4.63. The zero-order valence-electron chi connectivity index (χ0n) is 10.1. The van der Waals surface area contributed by atoms with Gasteiger partial charge in [-0.2, -0.15) is 0 Å². The fraction of sp³-hybridized carbons (Fsp3) is 0.889. The third kappa shape index (κ3) is 10.6. The van der Waals surface area contributed by atoms with Gasteiger partial charge in [0.25, 0.3) is 0 Å². The molecular formula is C9H19NO5S2. The molecule has 0 saturated heterocycles. The van der Waals surface area contributed by atoms with Gasteiger partial charge in [-0.25, -0.2) is 4.21 Å². The molecule has 1 atom stereocenters. The Balaban J connectivity index is 3.48. The highest BCUT2D eigenvalue weighted by atomic mass is 32.8. The molecule has 0 aliphatic carbocycles. The molecule has 0 aliphatic heterocycles. The lowest BCUT2D eigenvalue weighted by Crippen LogP contribution is -2.29. The molecule has 0 aromatic rings. The van der Waals surface area contributed by atoms with Crippen LogP contribution in [0.25, 0.3) is 0 Å². The zero-order chi connectivity index (χ0) is 13.1. The minimum Gasteiger partial charge on any atom is -0.382 e. The van der Waals surface area contributed by atoms with Gasteiger partial charge >= 0.3 is 0 Å². The van der Waals surface area contributed by atoms with E-state index in [-0.39, 0.29) is 18.1 Å². The second-order valence-electron chi connectivity index (χ2n) is 3.13. The monoisotopic (exact) mass is 285 g/mol. The SMILES string of the molecule is COCCOCCNC(=O)CCS(=O)(=S)OC. The summed E-state index contributed by atoms with van der Waals surface area (Å²) in [6.45, 7) is 1.85. The van der Waals surface area contributed by atoms with E-state index in [4.69, 9.17) is 9.47 Å². The molecule has 102 valence electrons. The predicted octanol–water partition coefficient (Wildman–Crippen LogP) is -0.537. The van der Waals surface area contributed by atoms with E-state index in [0.717, 1.165) is 0 Å². The molecular weight excluding hydrogens is 266 g/mol. The highest BCUT2D eigenvalue weighted by Gasteiger charge is 2.08. The number of hydrogen-bond donors (Lipinski definition) is 1. The summed E-state index contributed by atoms with van der Waals surface area (Å²) in [7, 11) is 0.133. The Labute approximate surface area is 107 Å². The number of carbonyl (C=O) groups is 1. The first-order valence-electron chi connectivity index (χ1n) is 5.13. The molecule has 0 spiro atoms. The van der Waals surface area contributed by atoms with Gasteiger partial charge in [-0.05, 0) is 0 Å².